The van der Waals surface area contributed by atoms with E-state index in [1.807, 2.05) is 45.9 Å². The molecule has 19 heavy (non-hydrogen) atoms. The maximum Gasteiger partial charge on any atom is 0.251 e. The van der Waals surface area contributed by atoms with Crippen LogP contribution in [0.2, 0.25) is 0 Å². The van der Waals surface area contributed by atoms with E-state index in [0.29, 0.717) is 12.1 Å². The number of hydrogen-bond donors (Lipinski definition) is 1. The van der Waals surface area contributed by atoms with Crippen molar-refractivity contribution in [3.05, 3.63) is 35.9 Å². The summed E-state index contributed by atoms with van der Waals surface area (Å²) in [5.41, 5.74) is 0.635. The lowest BCUT2D eigenvalue weighted by molar-refractivity contribution is -0.176. The predicted molar refractivity (Wildman–Crippen MR) is 75.0 cm³/mol. The molecule has 1 amide bonds. The Morgan fingerprint density at radius 3 is 2.05 bits per heavy atom. The van der Waals surface area contributed by atoms with Crippen molar-refractivity contribution in [2.24, 2.45) is 0 Å². The van der Waals surface area contributed by atoms with Crippen LogP contribution in [0.1, 0.15) is 38.1 Å². The monoisotopic (exact) mass is 265 g/mol. The number of ether oxygens (including phenoxy) is 2. The van der Waals surface area contributed by atoms with Gasteiger partial charge in [-0.3, -0.25) is 4.79 Å². The third kappa shape index (κ3) is 6.36. The third-order valence-corrected chi connectivity index (χ3v) is 2.31. The van der Waals surface area contributed by atoms with E-state index in [-0.39, 0.29) is 18.1 Å². The van der Waals surface area contributed by atoms with Gasteiger partial charge in [-0.2, -0.15) is 0 Å². The fourth-order valence-corrected chi connectivity index (χ4v) is 1.60. The molecule has 0 saturated heterocycles. The molecule has 1 aromatic rings. The van der Waals surface area contributed by atoms with E-state index in [1.54, 1.807) is 12.1 Å². The number of amides is 1. The largest absolute Gasteiger partial charge is 0.348 e. The maximum absolute atomic E-state index is 11.9. The molecule has 0 heterocycles. The molecule has 0 aliphatic rings. The average molecular weight is 265 g/mol. The van der Waals surface area contributed by atoms with Crippen molar-refractivity contribution in [1.82, 2.24) is 5.32 Å². The number of carbonyl (C=O) groups is 1. The van der Waals surface area contributed by atoms with Gasteiger partial charge in [0.25, 0.3) is 5.91 Å². The van der Waals surface area contributed by atoms with Gasteiger partial charge in [-0.25, -0.2) is 0 Å². The second-order valence-corrected chi connectivity index (χ2v) is 4.88. The van der Waals surface area contributed by atoms with Crippen LogP contribution in [0.4, 0.5) is 0 Å². The number of carbonyl (C=O) groups excluding carboxylic acids is 1. The summed E-state index contributed by atoms with van der Waals surface area (Å²) in [5.74, 6) is -0.120. The summed E-state index contributed by atoms with van der Waals surface area (Å²) in [6.07, 6.45) is -0.317. The average Bonchev–Trinajstić information content (AvgIpc) is 2.35. The van der Waals surface area contributed by atoms with Gasteiger partial charge >= 0.3 is 0 Å². The Balaban J connectivity index is 2.49. The van der Waals surface area contributed by atoms with E-state index in [4.69, 9.17) is 9.47 Å². The lowest BCUT2D eigenvalue weighted by atomic mass is 10.2. The molecule has 1 rings (SSSR count). The first-order valence-corrected chi connectivity index (χ1v) is 6.63. The maximum atomic E-state index is 11.9. The minimum atomic E-state index is -0.423. The normalized spacial score (nSPS) is 11.3. The van der Waals surface area contributed by atoms with Crippen molar-refractivity contribution in [2.75, 3.05) is 6.54 Å². The van der Waals surface area contributed by atoms with Crippen molar-refractivity contribution in [2.45, 2.75) is 46.2 Å². The van der Waals surface area contributed by atoms with Crippen LogP contribution in [0.5, 0.6) is 0 Å². The molecule has 0 saturated carbocycles. The van der Waals surface area contributed by atoms with Crippen LogP contribution < -0.4 is 5.32 Å². The highest BCUT2D eigenvalue weighted by Gasteiger charge is 2.15. The van der Waals surface area contributed by atoms with Gasteiger partial charge in [0, 0.05) is 5.56 Å². The van der Waals surface area contributed by atoms with Crippen molar-refractivity contribution < 1.29 is 14.3 Å². The Morgan fingerprint density at radius 2 is 1.58 bits per heavy atom. The quantitative estimate of drug-likeness (QED) is 0.771. The molecule has 0 atom stereocenters. The van der Waals surface area contributed by atoms with Gasteiger partial charge in [0.2, 0.25) is 0 Å². The number of nitrogens with one attached hydrogen (secondary N) is 1. The van der Waals surface area contributed by atoms with Gasteiger partial charge in [0.1, 0.15) is 0 Å². The highest BCUT2D eigenvalue weighted by atomic mass is 16.7. The highest BCUT2D eigenvalue weighted by molar-refractivity contribution is 5.94. The van der Waals surface area contributed by atoms with E-state index in [2.05, 4.69) is 5.32 Å². The molecule has 0 unspecified atom stereocenters. The molecule has 1 aromatic carbocycles. The fraction of sp³-hybridized carbons (Fsp3) is 0.533. The zero-order valence-corrected chi connectivity index (χ0v) is 12.1. The first-order chi connectivity index (χ1) is 8.99. The van der Waals surface area contributed by atoms with Crippen molar-refractivity contribution in [3.8, 4) is 0 Å². The molecule has 0 spiro atoms. The summed E-state index contributed by atoms with van der Waals surface area (Å²) >= 11 is 0. The predicted octanol–water partition coefficient (Wildman–Crippen LogP) is 2.59. The van der Waals surface area contributed by atoms with Crippen LogP contribution in [0.3, 0.4) is 0 Å². The van der Waals surface area contributed by atoms with Crippen LogP contribution in [0, 0.1) is 0 Å². The molecule has 0 aromatic heterocycles. The number of hydrogen-bond acceptors (Lipinski definition) is 3. The zero-order chi connectivity index (χ0) is 14.3. The number of rotatable bonds is 7. The molecular weight excluding hydrogens is 242 g/mol. The van der Waals surface area contributed by atoms with Gasteiger partial charge in [0.15, 0.2) is 6.29 Å². The molecule has 0 radical (unpaired) electrons. The summed E-state index contributed by atoms with van der Waals surface area (Å²) in [6, 6.07) is 9.10. The second-order valence-electron chi connectivity index (χ2n) is 4.88. The molecule has 4 nitrogen and oxygen atoms in total. The van der Waals surface area contributed by atoms with Crippen LogP contribution in [0.25, 0.3) is 0 Å². The summed E-state index contributed by atoms with van der Waals surface area (Å²) in [4.78, 5) is 11.9. The Kier molecular flexibility index (Phi) is 6.53. The van der Waals surface area contributed by atoms with E-state index in [0.717, 1.165) is 0 Å². The van der Waals surface area contributed by atoms with E-state index < -0.39 is 6.29 Å². The van der Waals surface area contributed by atoms with Gasteiger partial charge < -0.3 is 14.8 Å². The summed E-state index contributed by atoms with van der Waals surface area (Å²) in [5, 5.41) is 2.82. The van der Waals surface area contributed by atoms with Crippen molar-refractivity contribution in [3.63, 3.8) is 0 Å². The van der Waals surface area contributed by atoms with Crippen LogP contribution in [-0.4, -0.2) is 30.9 Å². The minimum Gasteiger partial charge on any atom is -0.348 e. The Hall–Kier alpha value is -1.39. The highest BCUT2D eigenvalue weighted by Crippen LogP contribution is 2.04. The first-order valence-electron chi connectivity index (χ1n) is 6.63. The molecule has 0 aliphatic carbocycles. The van der Waals surface area contributed by atoms with Crippen molar-refractivity contribution >= 4 is 5.91 Å². The Labute approximate surface area is 115 Å². The van der Waals surface area contributed by atoms with E-state index >= 15 is 0 Å². The fourth-order valence-electron chi connectivity index (χ4n) is 1.60. The molecule has 1 N–H and O–H groups in total. The smallest absolute Gasteiger partial charge is 0.251 e. The standard InChI is InChI=1S/C15H23NO3/c1-11(2)18-14(19-12(3)4)10-16-15(17)13-8-6-5-7-9-13/h5-9,11-12,14H,10H2,1-4H3,(H,16,17). The van der Waals surface area contributed by atoms with Crippen LogP contribution in [-0.2, 0) is 9.47 Å². The minimum absolute atomic E-state index is 0.0531. The van der Waals surface area contributed by atoms with Gasteiger partial charge in [-0.05, 0) is 39.8 Å². The lowest BCUT2D eigenvalue weighted by Crippen LogP contribution is -2.37. The SMILES string of the molecule is CC(C)OC(CNC(=O)c1ccccc1)OC(C)C. The first kappa shape index (κ1) is 15.7. The van der Waals surface area contributed by atoms with Crippen molar-refractivity contribution in [1.29, 1.82) is 0 Å². The van der Waals surface area contributed by atoms with E-state index in [9.17, 15) is 4.79 Å². The third-order valence-electron chi connectivity index (χ3n) is 2.31. The van der Waals surface area contributed by atoms with Crippen LogP contribution >= 0.6 is 0 Å². The van der Waals surface area contributed by atoms with Gasteiger partial charge in [-0.15, -0.1) is 0 Å². The van der Waals surface area contributed by atoms with Gasteiger partial charge in [0.05, 0.1) is 18.8 Å². The molecule has 0 bridgehead atoms. The zero-order valence-electron chi connectivity index (χ0n) is 12.1. The second kappa shape index (κ2) is 7.92. The molecule has 0 aliphatic heterocycles. The number of benzene rings is 1. The topological polar surface area (TPSA) is 47.6 Å². The van der Waals surface area contributed by atoms with Gasteiger partial charge in [-0.1, -0.05) is 18.2 Å². The Bertz CT molecular complexity index is 366. The van der Waals surface area contributed by atoms with Crippen LogP contribution in [0.15, 0.2) is 30.3 Å². The summed E-state index contributed by atoms with van der Waals surface area (Å²) in [6.45, 7) is 8.10. The molecule has 4 heteroatoms. The molecular formula is C15H23NO3. The molecule has 0 fully saturated rings. The Morgan fingerprint density at radius 1 is 1.05 bits per heavy atom. The summed E-state index contributed by atoms with van der Waals surface area (Å²) in [7, 11) is 0. The lowest BCUT2D eigenvalue weighted by Gasteiger charge is -2.23. The summed E-state index contributed by atoms with van der Waals surface area (Å²) < 4.78 is 11.2. The van der Waals surface area contributed by atoms with E-state index in [1.165, 1.54) is 0 Å². The molecule has 106 valence electrons.